The van der Waals surface area contributed by atoms with Crippen molar-refractivity contribution in [2.24, 2.45) is 17.8 Å². The molecule has 2 nitrogen and oxygen atoms in total. The van der Waals surface area contributed by atoms with Gasteiger partial charge >= 0.3 is 0 Å². The number of para-hydroxylation sites is 2. The van der Waals surface area contributed by atoms with E-state index in [1.807, 2.05) is 12.1 Å². The molecule has 2 unspecified atom stereocenters. The van der Waals surface area contributed by atoms with Crippen LogP contribution in [-0.2, 0) is 5.41 Å². The Balaban J connectivity index is 1.06. The summed E-state index contributed by atoms with van der Waals surface area (Å²) < 4.78 is 6.29. The third kappa shape index (κ3) is 5.45. The topological polar surface area (TPSA) is 16.4 Å². The Morgan fingerprint density at radius 1 is 0.500 bits per heavy atom. The smallest absolute Gasteiger partial charge is 0.136 e. The Morgan fingerprint density at radius 2 is 1.16 bits per heavy atom. The van der Waals surface area contributed by atoms with Gasteiger partial charge < -0.3 is 9.32 Å². The first-order valence-electron chi connectivity index (χ1n) is 20.7. The van der Waals surface area contributed by atoms with E-state index in [9.17, 15) is 0 Å². The summed E-state index contributed by atoms with van der Waals surface area (Å²) in [6.45, 7) is 4.88. The van der Waals surface area contributed by atoms with E-state index in [0.29, 0.717) is 11.8 Å². The molecular weight excluding hydrogens is 679 g/mol. The molecule has 1 aromatic heterocycles. The molecule has 4 atom stereocenters. The quantitative estimate of drug-likeness (QED) is 0.170. The van der Waals surface area contributed by atoms with Crippen molar-refractivity contribution >= 4 is 39.0 Å². The summed E-state index contributed by atoms with van der Waals surface area (Å²) in [6.07, 6.45) is 6.97. The molecule has 1 heterocycles. The number of nitrogens with zero attached hydrogens (tertiary/aromatic N) is 1. The zero-order chi connectivity index (χ0) is 37.4. The molecule has 0 N–H and O–H groups in total. The molecule has 2 heteroatoms. The molecule has 3 aliphatic carbocycles. The number of hydrogen-bond acceptors (Lipinski definition) is 2. The van der Waals surface area contributed by atoms with Crippen molar-refractivity contribution < 1.29 is 4.42 Å². The zero-order valence-electron chi connectivity index (χ0n) is 32.3. The van der Waals surface area contributed by atoms with Crippen LogP contribution in [0.5, 0.6) is 0 Å². The largest absolute Gasteiger partial charge is 0.456 e. The summed E-state index contributed by atoms with van der Waals surface area (Å²) in [7, 11) is 0. The maximum atomic E-state index is 6.29. The number of fused-ring (bicyclic) bond motifs is 7. The van der Waals surface area contributed by atoms with Crippen LogP contribution in [0.15, 0.2) is 168 Å². The Labute approximate surface area is 330 Å². The van der Waals surface area contributed by atoms with E-state index in [1.54, 1.807) is 5.56 Å². The summed E-state index contributed by atoms with van der Waals surface area (Å²) >= 11 is 0. The van der Waals surface area contributed by atoms with Crippen LogP contribution in [0.3, 0.4) is 0 Å². The highest BCUT2D eigenvalue weighted by atomic mass is 16.3. The molecule has 2 saturated carbocycles. The highest BCUT2D eigenvalue weighted by Crippen LogP contribution is 2.57. The number of hydrogen-bond donors (Lipinski definition) is 0. The number of rotatable bonds is 6. The second-order valence-electron chi connectivity index (χ2n) is 17.3. The fourth-order valence-electron chi connectivity index (χ4n) is 11.2. The molecule has 8 aromatic rings. The van der Waals surface area contributed by atoms with Gasteiger partial charge in [-0.3, -0.25) is 0 Å². The fourth-order valence-corrected chi connectivity index (χ4v) is 11.2. The maximum Gasteiger partial charge on any atom is 0.136 e. The summed E-state index contributed by atoms with van der Waals surface area (Å²) in [6, 6.07) is 60.7. The van der Waals surface area contributed by atoms with Crippen molar-refractivity contribution in [2.45, 2.75) is 57.3 Å². The third-order valence-electron chi connectivity index (χ3n) is 13.7. The third-order valence-corrected chi connectivity index (χ3v) is 13.7. The summed E-state index contributed by atoms with van der Waals surface area (Å²) in [4.78, 5) is 2.50. The molecule has 7 aromatic carbocycles. The van der Waals surface area contributed by atoms with Crippen LogP contribution in [0.25, 0.3) is 44.2 Å². The Morgan fingerprint density at radius 3 is 2.00 bits per heavy atom. The number of anilines is 3. The highest BCUT2D eigenvalue weighted by molar-refractivity contribution is 6.06. The minimum absolute atomic E-state index is 0.0794. The van der Waals surface area contributed by atoms with E-state index < -0.39 is 0 Å². The van der Waals surface area contributed by atoms with Crippen LogP contribution in [0.2, 0.25) is 0 Å². The van der Waals surface area contributed by atoms with E-state index in [1.165, 1.54) is 76.9 Å². The van der Waals surface area contributed by atoms with Crippen molar-refractivity contribution in [1.82, 2.24) is 0 Å². The summed E-state index contributed by atoms with van der Waals surface area (Å²) in [5, 5.41) is 2.31. The van der Waals surface area contributed by atoms with Crippen LogP contribution in [0.1, 0.15) is 74.1 Å². The molecule has 0 amide bonds. The number of furan rings is 1. The summed E-state index contributed by atoms with van der Waals surface area (Å²) in [5.74, 6) is 2.83. The molecule has 0 radical (unpaired) electrons. The Kier molecular flexibility index (Phi) is 7.85. The van der Waals surface area contributed by atoms with Gasteiger partial charge in [0.1, 0.15) is 11.2 Å². The fraction of sp³-hybridized carbons (Fsp3) is 0.222. The molecular formula is C54H47NO. The lowest BCUT2D eigenvalue weighted by Gasteiger charge is -2.44. The predicted molar refractivity (Wildman–Crippen MR) is 233 cm³/mol. The lowest BCUT2D eigenvalue weighted by atomic mass is 9.60. The van der Waals surface area contributed by atoms with Gasteiger partial charge in [-0.2, -0.15) is 0 Å². The van der Waals surface area contributed by atoms with Crippen molar-refractivity contribution in [3.63, 3.8) is 0 Å². The molecule has 2 fully saturated rings. The second kappa shape index (κ2) is 13.1. The van der Waals surface area contributed by atoms with Gasteiger partial charge in [0, 0.05) is 39.0 Å². The molecule has 274 valence electrons. The Bertz CT molecular complexity index is 2730. The van der Waals surface area contributed by atoms with E-state index in [4.69, 9.17) is 4.42 Å². The van der Waals surface area contributed by atoms with Gasteiger partial charge in [-0.05, 0) is 124 Å². The first-order valence-corrected chi connectivity index (χ1v) is 20.7. The first kappa shape index (κ1) is 33.5. The normalized spacial score (nSPS) is 20.8. The van der Waals surface area contributed by atoms with Crippen molar-refractivity contribution in [3.05, 3.63) is 186 Å². The van der Waals surface area contributed by atoms with Crippen LogP contribution in [0, 0.1) is 17.8 Å². The second-order valence-corrected chi connectivity index (χ2v) is 17.3. The molecule has 11 rings (SSSR count). The average Bonchev–Trinajstić information content (AvgIpc) is 3.79. The Hall–Kier alpha value is -5.86. The van der Waals surface area contributed by atoms with Crippen LogP contribution < -0.4 is 4.90 Å². The van der Waals surface area contributed by atoms with Gasteiger partial charge in [0.2, 0.25) is 0 Å². The molecule has 2 bridgehead atoms. The van der Waals surface area contributed by atoms with Gasteiger partial charge in [0.05, 0.1) is 5.69 Å². The molecule has 0 aliphatic heterocycles. The standard InChI is InChI=1S/C54H47NO/c1-54(2)48-17-9-6-16-46(48)53(40-31-35-20-21-36(30-35)32-40)47-34-42(27-29-49(47)54)55(50-18-10-7-14-43(50)38-12-4-3-5-13-38)41-25-22-37(23-26-41)39-24-28-45-44-15-8-11-19-51(44)56-52(45)33-39/h3-19,22-29,33-36,40,53H,20-21,30-32H2,1-2H3/t35-,36+,40?,53?. The minimum atomic E-state index is -0.0794. The van der Waals surface area contributed by atoms with E-state index >= 15 is 0 Å². The maximum absolute atomic E-state index is 6.29. The SMILES string of the molecule is CC1(C)c2ccccc2C(C2C[C@H]3CC[C@@H](C2)C3)c2cc(N(c3ccc(-c4ccc5c(c4)oc4ccccc45)cc3)c3ccccc3-c3ccccc3)ccc21. The molecule has 0 saturated heterocycles. The van der Waals surface area contributed by atoms with Gasteiger partial charge in [0.25, 0.3) is 0 Å². The van der Waals surface area contributed by atoms with Gasteiger partial charge in [-0.15, -0.1) is 0 Å². The monoisotopic (exact) mass is 725 g/mol. The van der Waals surface area contributed by atoms with Crippen LogP contribution in [-0.4, -0.2) is 0 Å². The average molecular weight is 726 g/mol. The minimum Gasteiger partial charge on any atom is -0.456 e. The molecule has 3 aliphatic rings. The first-order chi connectivity index (χ1) is 27.5. The lowest BCUT2D eigenvalue weighted by Crippen LogP contribution is -2.34. The van der Waals surface area contributed by atoms with Crippen molar-refractivity contribution in [1.29, 1.82) is 0 Å². The van der Waals surface area contributed by atoms with Gasteiger partial charge in [-0.1, -0.05) is 142 Å². The van der Waals surface area contributed by atoms with Crippen LogP contribution in [0.4, 0.5) is 17.1 Å². The van der Waals surface area contributed by atoms with E-state index in [2.05, 4.69) is 170 Å². The van der Waals surface area contributed by atoms with Gasteiger partial charge in [0.15, 0.2) is 0 Å². The zero-order valence-corrected chi connectivity index (χ0v) is 32.3. The summed E-state index contributed by atoms with van der Waals surface area (Å²) in [5.41, 5.74) is 16.1. The van der Waals surface area contributed by atoms with Gasteiger partial charge in [-0.25, -0.2) is 0 Å². The lowest BCUT2D eigenvalue weighted by molar-refractivity contribution is 0.237. The van der Waals surface area contributed by atoms with Crippen molar-refractivity contribution in [3.8, 4) is 22.3 Å². The predicted octanol–water partition coefficient (Wildman–Crippen LogP) is 15.0. The van der Waals surface area contributed by atoms with E-state index in [-0.39, 0.29) is 5.41 Å². The molecule has 0 spiro atoms. The van der Waals surface area contributed by atoms with E-state index in [0.717, 1.165) is 45.0 Å². The van der Waals surface area contributed by atoms with Crippen LogP contribution >= 0.6 is 0 Å². The molecule has 56 heavy (non-hydrogen) atoms. The highest BCUT2D eigenvalue weighted by Gasteiger charge is 2.44. The number of benzene rings is 7. The van der Waals surface area contributed by atoms with Crippen molar-refractivity contribution in [2.75, 3.05) is 4.90 Å².